The van der Waals surface area contributed by atoms with Gasteiger partial charge in [0.25, 0.3) is 0 Å². The molecular formula is C11H13NO2. The van der Waals surface area contributed by atoms with Gasteiger partial charge in [0, 0.05) is 6.54 Å². The monoisotopic (exact) mass is 191 g/mol. The minimum atomic E-state index is 0.317. The number of hydrogen-bond acceptors (Lipinski definition) is 3. The van der Waals surface area contributed by atoms with E-state index < -0.39 is 0 Å². The predicted molar refractivity (Wildman–Crippen MR) is 53.4 cm³/mol. The quantitative estimate of drug-likeness (QED) is 0.734. The van der Waals surface area contributed by atoms with E-state index in [1.807, 2.05) is 12.1 Å². The molecule has 1 fully saturated rings. The Kier molecular flexibility index (Phi) is 2.50. The summed E-state index contributed by atoms with van der Waals surface area (Å²) >= 11 is 0. The third-order valence-electron chi connectivity index (χ3n) is 2.25. The molecule has 74 valence electrons. The maximum absolute atomic E-state index is 10.8. The molecule has 0 unspecified atom stereocenters. The van der Waals surface area contributed by atoms with Crippen LogP contribution in [0.5, 0.6) is 5.75 Å². The summed E-state index contributed by atoms with van der Waals surface area (Å²) in [6.45, 7) is 0.449. The van der Waals surface area contributed by atoms with Crippen LogP contribution >= 0.6 is 0 Å². The van der Waals surface area contributed by atoms with Crippen LogP contribution in [0.25, 0.3) is 0 Å². The van der Waals surface area contributed by atoms with Gasteiger partial charge in [0.1, 0.15) is 5.75 Å². The van der Waals surface area contributed by atoms with Crippen LogP contribution in [0.1, 0.15) is 28.8 Å². The molecule has 14 heavy (non-hydrogen) atoms. The van der Waals surface area contributed by atoms with Gasteiger partial charge in [-0.25, -0.2) is 0 Å². The third kappa shape index (κ3) is 1.93. The number of ether oxygens (including phenoxy) is 1. The van der Waals surface area contributed by atoms with Gasteiger partial charge in [-0.2, -0.15) is 0 Å². The Morgan fingerprint density at radius 2 is 2.29 bits per heavy atom. The summed E-state index contributed by atoms with van der Waals surface area (Å²) in [6, 6.07) is 5.50. The van der Waals surface area contributed by atoms with Gasteiger partial charge in [0.2, 0.25) is 0 Å². The van der Waals surface area contributed by atoms with Crippen molar-refractivity contribution in [3.63, 3.8) is 0 Å². The van der Waals surface area contributed by atoms with Crippen molar-refractivity contribution < 1.29 is 9.53 Å². The highest BCUT2D eigenvalue weighted by atomic mass is 16.5. The fourth-order valence-corrected chi connectivity index (χ4v) is 1.29. The van der Waals surface area contributed by atoms with Crippen LogP contribution in [-0.4, -0.2) is 12.4 Å². The zero-order chi connectivity index (χ0) is 9.97. The maximum Gasteiger partial charge on any atom is 0.153 e. The van der Waals surface area contributed by atoms with Crippen LogP contribution in [-0.2, 0) is 6.54 Å². The van der Waals surface area contributed by atoms with E-state index in [0.717, 1.165) is 24.7 Å². The highest BCUT2D eigenvalue weighted by molar-refractivity contribution is 5.79. The number of rotatable bonds is 4. The molecule has 1 aromatic carbocycles. The molecule has 0 spiro atoms. The fourth-order valence-electron chi connectivity index (χ4n) is 1.29. The maximum atomic E-state index is 10.8. The standard InChI is InChI=1S/C11H13NO2/c12-6-8-1-4-11(9(5-8)7-13)14-10-2-3-10/h1,4-5,7,10H,2-3,6,12H2. The molecule has 1 aliphatic rings. The first-order valence-corrected chi connectivity index (χ1v) is 4.78. The molecule has 0 saturated heterocycles. The first kappa shape index (κ1) is 9.21. The van der Waals surface area contributed by atoms with Gasteiger partial charge in [0.05, 0.1) is 11.7 Å². The molecule has 1 aromatic rings. The first-order chi connectivity index (χ1) is 6.83. The van der Waals surface area contributed by atoms with Gasteiger partial charge in [0.15, 0.2) is 6.29 Å². The predicted octanol–water partition coefficient (Wildman–Crippen LogP) is 1.50. The molecule has 0 atom stereocenters. The molecule has 1 saturated carbocycles. The number of nitrogens with two attached hydrogens (primary N) is 1. The molecule has 0 aromatic heterocycles. The number of benzene rings is 1. The van der Waals surface area contributed by atoms with E-state index in [2.05, 4.69) is 0 Å². The van der Waals surface area contributed by atoms with E-state index in [9.17, 15) is 4.79 Å². The third-order valence-corrected chi connectivity index (χ3v) is 2.25. The Hall–Kier alpha value is -1.35. The van der Waals surface area contributed by atoms with Crippen molar-refractivity contribution in [1.29, 1.82) is 0 Å². The average Bonchev–Trinajstić information content (AvgIpc) is 3.02. The summed E-state index contributed by atoms with van der Waals surface area (Å²) in [5.74, 6) is 0.680. The van der Waals surface area contributed by atoms with E-state index in [1.54, 1.807) is 6.07 Å². The summed E-state index contributed by atoms with van der Waals surface area (Å²) in [5.41, 5.74) is 7.03. The number of aldehydes is 1. The molecule has 2 N–H and O–H groups in total. The molecule has 1 aliphatic carbocycles. The summed E-state index contributed by atoms with van der Waals surface area (Å²) in [4.78, 5) is 10.8. The summed E-state index contributed by atoms with van der Waals surface area (Å²) in [6.07, 6.45) is 3.32. The largest absolute Gasteiger partial charge is 0.490 e. The van der Waals surface area contributed by atoms with Crippen molar-refractivity contribution in [3.05, 3.63) is 29.3 Å². The van der Waals surface area contributed by atoms with Crippen LogP contribution in [0, 0.1) is 0 Å². The lowest BCUT2D eigenvalue weighted by atomic mass is 10.1. The lowest BCUT2D eigenvalue weighted by molar-refractivity contribution is 0.111. The van der Waals surface area contributed by atoms with Gasteiger partial charge in [-0.05, 0) is 30.5 Å². The van der Waals surface area contributed by atoms with Crippen molar-refractivity contribution in [2.75, 3.05) is 0 Å². The molecule has 0 bridgehead atoms. The molecular weight excluding hydrogens is 178 g/mol. The minimum Gasteiger partial charge on any atom is -0.490 e. The number of carbonyl (C=O) groups excluding carboxylic acids is 1. The molecule has 0 radical (unpaired) electrons. The summed E-state index contributed by atoms with van der Waals surface area (Å²) in [7, 11) is 0. The zero-order valence-corrected chi connectivity index (χ0v) is 7.90. The minimum absolute atomic E-state index is 0.317. The Morgan fingerprint density at radius 3 is 2.86 bits per heavy atom. The molecule has 3 heteroatoms. The van der Waals surface area contributed by atoms with E-state index in [0.29, 0.717) is 24.0 Å². The second-order valence-electron chi connectivity index (χ2n) is 3.51. The lowest BCUT2D eigenvalue weighted by Gasteiger charge is -2.07. The molecule has 3 nitrogen and oxygen atoms in total. The average molecular weight is 191 g/mol. The van der Waals surface area contributed by atoms with Crippen LogP contribution < -0.4 is 10.5 Å². The smallest absolute Gasteiger partial charge is 0.153 e. The van der Waals surface area contributed by atoms with E-state index in [-0.39, 0.29) is 0 Å². The molecule has 0 aliphatic heterocycles. The normalized spacial score (nSPS) is 15.2. The second-order valence-corrected chi connectivity index (χ2v) is 3.51. The molecule has 0 heterocycles. The Balaban J connectivity index is 2.23. The van der Waals surface area contributed by atoms with Gasteiger partial charge >= 0.3 is 0 Å². The summed E-state index contributed by atoms with van der Waals surface area (Å²) in [5, 5.41) is 0. The lowest BCUT2D eigenvalue weighted by Crippen LogP contribution is -2.02. The fraction of sp³-hybridized carbons (Fsp3) is 0.364. The van der Waals surface area contributed by atoms with Crippen LogP contribution in [0.3, 0.4) is 0 Å². The number of carbonyl (C=O) groups is 1. The van der Waals surface area contributed by atoms with Crippen molar-refractivity contribution in [1.82, 2.24) is 0 Å². The zero-order valence-electron chi connectivity index (χ0n) is 7.90. The van der Waals surface area contributed by atoms with E-state index in [1.165, 1.54) is 0 Å². The van der Waals surface area contributed by atoms with Crippen molar-refractivity contribution in [3.8, 4) is 5.75 Å². The second kappa shape index (κ2) is 3.80. The van der Waals surface area contributed by atoms with Crippen LogP contribution in [0.15, 0.2) is 18.2 Å². The number of hydrogen-bond donors (Lipinski definition) is 1. The van der Waals surface area contributed by atoms with Crippen molar-refractivity contribution in [2.24, 2.45) is 5.73 Å². The highest BCUT2D eigenvalue weighted by Crippen LogP contribution is 2.28. The van der Waals surface area contributed by atoms with Crippen molar-refractivity contribution in [2.45, 2.75) is 25.5 Å². The van der Waals surface area contributed by atoms with Gasteiger partial charge in [-0.15, -0.1) is 0 Å². The highest BCUT2D eigenvalue weighted by Gasteiger charge is 2.24. The Labute approximate surface area is 82.9 Å². The first-order valence-electron chi connectivity index (χ1n) is 4.78. The van der Waals surface area contributed by atoms with E-state index in [4.69, 9.17) is 10.5 Å². The summed E-state index contributed by atoms with van der Waals surface area (Å²) < 4.78 is 5.57. The Bertz CT molecular complexity index is 345. The topological polar surface area (TPSA) is 52.3 Å². The van der Waals surface area contributed by atoms with E-state index >= 15 is 0 Å². The van der Waals surface area contributed by atoms with Crippen molar-refractivity contribution >= 4 is 6.29 Å². The van der Waals surface area contributed by atoms with Gasteiger partial charge in [-0.1, -0.05) is 6.07 Å². The van der Waals surface area contributed by atoms with Crippen LogP contribution in [0.4, 0.5) is 0 Å². The van der Waals surface area contributed by atoms with Crippen LogP contribution in [0.2, 0.25) is 0 Å². The SMILES string of the molecule is NCc1ccc(OC2CC2)c(C=O)c1. The van der Waals surface area contributed by atoms with Gasteiger partial charge < -0.3 is 10.5 Å². The molecule has 0 amide bonds. The van der Waals surface area contributed by atoms with Gasteiger partial charge in [-0.3, -0.25) is 4.79 Å². The Morgan fingerprint density at radius 1 is 1.50 bits per heavy atom. The molecule has 2 rings (SSSR count).